The van der Waals surface area contributed by atoms with E-state index in [4.69, 9.17) is 20.1 Å². The number of carboxylic acid groups (broad SMARTS) is 1. The molecule has 0 amide bonds. The van der Waals surface area contributed by atoms with E-state index in [0.29, 0.717) is 0 Å². The van der Waals surface area contributed by atoms with Gasteiger partial charge in [0.1, 0.15) is 55.9 Å². The van der Waals surface area contributed by atoms with Gasteiger partial charge in [-0.25, -0.2) is 0 Å². The van der Waals surface area contributed by atoms with Crippen molar-refractivity contribution in [2.75, 3.05) is 13.2 Å². The smallest absolute Gasteiger partial charge is 0.306 e. The second-order valence-corrected chi connectivity index (χ2v) is 6.24. The van der Waals surface area contributed by atoms with Gasteiger partial charge in [0.2, 0.25) is 0 Å². The highest BCUT2D eigenvalue weighted by atomic mass is 16.6. The predicted octanol–water partition coefficient (Wildman–Crippen LogP) is -5.13. The first kappa shape index (κ1) is 31.7. The highest BCUT2D eigenvalue weighted by Crippen LogP contribution is 2.06. The number of aliphatic hydroxyl groups excluding tert-OH is 7. The Kier molecular flexibility index (Phi) is 16.9. The van der Waals surface area contributed by atoms with Crippen LogP contribution in [0.5, 0.6) is 0 Å². The van der Waals surface area contributed by atoms with Gasteiger partial charge in [0, 0.05) is 6.92 Å². The monoisotopic (exact) mass is 472 g/mol. The summed E-state index contributed by atoms with van der Waals surface area (Å²) in [6.45, 7) is -0.464. The van der Waals surface area contributed by atoms with Crippen molar-refractivity contribution in [1.29, 1.82) is 0 Å². The fourth-order valence-corrected chi connectivity index (χ4v) is 1.72. The molecule has 0 fully saturated rings. The minimum atomic E-state index is -2.00. The Morgan fingerprint density at radius 3 is 1.34 bits per heavy atom. The van der Waals surface area contributed by atoms with E-state index in [9.17, 15) is 44.7 Å². The van der Waals surface area contributed by atoms with Gasteiger partial charge < -0.3 is 59.9 Å². The summed E-state index contributed by atoms with van der Waals surface area (Å²) in [5.41, 5.74) is 0. The number of carbonyl (C=O) groups excluding carboxylic acids is 4. The van der Waals surface area contributed by atoms with Gasteiger partial charge in [-0.3, -0.25) is 14.4 Å². The van der Waals surface area contributed by atoms with Gasteiger partial charge in [0.05, 0.1) is 12.8 Å². The second-order valence-electron chi connectivity index (χ2n) is 6.24. The summed E-state index contributed by atoms with van der Waals surface area (Å²) in [6, 6.07) is 0. The van der Waals surface area contributed by atoms with Crippen LogP contribution >= 0.6 is 0 Å². The molecule has 186 valence electrons. The van der Waals surface area contributed by atoms with Gasteiger partial charge in [-0.2, -0.15) is 0 Å². The number of aliphatic carboxylic acids is 1. The topological polar surface area (TPSA) is 266 Å². The molecule has 15 nitrogen and oxygen atoms in total. The Hall–Kier alpha value is -2.53. The molecule has 8 N–H and O–H groups in total. The van der Waals surface area contributed by atoms with Crippen molar-refractivity contribution >= 4 is 30.5 Å². The standard InChI is InChI=1S/C15H24O13.C2H4O2/c16-3-7(18)13(24)9(20)5-27-11(22)1-2-12(23)28-6-10(21)15(26)14(25)8(19)4-17;1-2(3)4/h3-4,7-10,13-15,18-21,24-26H,1-2,5-6H2;1H3,(H,3,4)/t7-,8-,9+,10+,13+,14+,15+;/m0./s1. The van der Waals surface area contributed by atoms with Crippen LogP contribution in [0.2, 0.25) is 0 Å². The van der Waals surface area contributed by atoms with Crippen molar-refractivity contribution in [2.45, 2.75) is 62.5 Å². The van der Waals surface area contributed by atoms with Crippen LogP contribution in [0.4, 0.5) is 0 Å². The van der Waals surface area contributed by atoms with Crippen molar-refractivity contribution in [3.05, 3.63) is 0 Å². The number of aliphatic hydroxyl groups is 7. The number of rotatable bonds is 14. The first-order valence-electron chi connectivity index (χ1n) is 8.96. The van der Waals surface area contributed by atoms with Crippen molar-refractivity contribution in [3.63, 3.8) is 0 Å². The van der Waals surface area contributed by atoms with Crippen LogP contribution in [0.25, 0.3) is 0 Å². The first-order valence-corrected chi connectivity index (χ1v) is 8.96. The molecule has 0 rings (SSSR count). The zero-order chi connectivity index (χ0) is 25.4. The van der Waals surface area contributed by atoms with Gasteiger partial charge in [0.25, 0.3) is 5.97 Å². The van der Waals surface area contributed by atoms with E-state index in [1.807, 2.05) is 0 Å². The van der Waals surface area contributed by atoms with E-state index in [1.54, 1.807) is 0 Å². The van der Waals surface area contributed by atoms with Crippen LogP contribution in [0, 0.1) is 0 Å². The number of esters is 2. The van der Waals surface area contributed by atoms with E-state index in [1.165, 1.54) is 0 Å². The van der Waals surface area contributed by atoms with Crippen LogP contribution < -0.4 is 0 Å². The summed E-state index contributed by atoms with van der Waals surface area (Å²) in [7, 11) is 0. The quantitative estimate of drug-likeness (QED) is 0.0867. The Morgan fingerprint density at radius 2 is 1.00 bits per heavy atom. The predicted molar refractivity (Wildman–Crippen MR) is 98.6 cm³/mol. The molecule has 0 aliphatic carbocycles. The normalized spacial score (nSPS) is 17.1. The van der Waals surface area contributed by atoms with Crippen LogP contribution in [0.1, 0.15) is 19.8 Å². The lowest BCUT2D eigenvalue weighted by Crippen LogP contribution is -2.46. The van der Waals surface area contributed by atoms with Crippen LogP contribution in [-0.4, -0.2) is 127 Å². The Bertz CT molecular complexity index is 590. The summed E-state index contributed by atoms with van der Waals surface area (Å²) in [5.74, 6) is -2.81. The number of hydrogen-bond acceptors (Lipinski definition) is 14. The molecule has 7 atom stereocenters. The summed E-state index contributed by atoms with van der Waals surface area (Å²) < 4.78 is 9.09. The lowest BCUT2D eigenvalue weighted by Gasteiger charge is -2.23. The van der Waals surface area contributed by atoms with Gasteiger partial charge >= 0.3 is 11.9 Å². The molecular formula is C17H28O15. The van der Waals surface area contributed by atoms with E-state index in [2.05, 4.69) is 9.47 Å². The molecule has 0 aliphatic heterocycles. The Balaban J connectivity index is 0. The van der Waals surface area contributed by atoms with Crippen molar-refractivity contribution in [3.8, 4) is 0 Å². The first-order chi connectivity index (χ1) is 14.8. The molecule has 0 spiro atoms. The van der Waals surface area contributed by atoms with Gasteiger partial charge in [-0.05, 0) is 0 Å². The maximum atomic E-state index is 11.5. The lowest BCUT2D eigenvalue weighted by molar-refractivity contribution is -0.160. The zero-order valence-electron chi connectivity index (χ0n) is 17.0. The van der Waals surface area contributed by atoms with Gasteiger partial charge in [0.15, 0.2) is 12.6 Å². The van der Waals surface area contributed by atoms with Crippen LogP contribution in [0.15, 0.2) is 0 Å². The summed E-state index contributed by atoms with van der Waals surface area (Å²) in [6.07, 6.45) is -14.3. The lowest BCUT2D eigenvalue weighted by atomic mass is 10.0. The number of carboxylic acids is 1. The SMILES string of the molecule is CC(=O)O.O=C[C@H](O)[C@@H](O)[C@H](O)[C@H](O)COC(=O)CCC(=O)OC[C@@H](O)[C@H](O)[C@@H](O)C=O. The third kappa shape index (κ3) is 14.5. The average molecular weight is 472 g/mol. The molecule has 0 aromatic carbocycles. The Labute approximate surface area is 181 Å². The van der Waals surface area contributed by atoms with E-state index >= 15 is 0 Å². The number of aldehydes is 2. The van der Waals surface area contributed by atoms with Crippen LogP contribution in [0.3, 0.4) is 0 Å². The summed E-state index contributed by atoms with van der Waals surface area (Å²) in [5, 5.41) is 72.4. The van der Waals surface area contributed by atoms with Gasteiger partial charge in [-0.1, -0.05) is 0 Å². The summed E-state index contributed by atoms with van der Waals surface area (Å²) in [4.78, 5) is 52.4. The number of carbonyl (C=O) groups is 5. The molecule has 0 aromatic rings. The maximum absolute atomic E-state index is 11.5. The van der Waals surface area contributed by atoms with Gasteiger partial charge in [-0.15, -0.1) is 0 Å². The molecule has 0 unspecified atom stereocenters. The van der Waals surface area contributed by atoms with E-state index in [0.717, 1.165) is 6.92 Å². The molecule has 15 heteroatoms. The Morgan fingerprint density at radius 1 is 0.688 bits per heavy atom. The number of hydrogen-bond donors (Lipinski definition) is 8. The number of ether oxygens (including phenoxy) is 2. The van der Waals surface area contributed by atoms with Crippen molar-refractivity contribution in [1.82, 2.24) is 0 Å². The molecule has 0 aliphatic rings. The molecule has 0 saturated heterocycles. The average Bonchev–Trinajstić information content (AvgIpc) is 2.76. The highest BCUT2D eigenvalue weighted by Gasteiger charge is 2.31. The van der Waals surface area contributed by atoms with Crippen molar-refractivity contribution in [2.24, 2.45) is 0 Å². The minimum absolute atomic E-state index is 0.0181. The summed E-state index contributed by atoms with van der Waals surface area (Å²) >= 11 is 0. The minimum Gasteiger partial charge on any atom is -0.481 e. The fourth-order valence-electron chi connectivity index (χ4n) is 1.72. The fraction of sp³-hybridized carbons (Fsp3) is 0.706. The maximum Gasteiger partial charge on any atom is 0.306 e. The van der Waals surface area contributed by atoms with Crippen LogP contribution in [-0.2, 0) is 33.4 Å². The van der Waals surface area contributed by atoms with Crippen molar-refractivity contribution < 1.29 is 74.3 Å². The second kappa shape index (κ2) is 17.1. The van der Waals surface area contributed by atoms with E-state index < -0.39 is 86.7 Å². The third-order valence-corrected chi connectivity index (χ3v) is 3.48. The van der Waals surface area contributed by atoms with E-state index in [-0.39, 0.29) is 12.6 Å². The molecule has 0 heterocycles. The molecule has 32 heavy (non-hydrogen) atoms. The molecular weight excluding hydrogens is 444 g/mol. The highest BCUT2D eigenvalue weighted by molar-refractivity contribution is 5.77. The third-order valence-electron chi connectivity index (χ3n) is 3.48. The molecule has 0 bridgehead atoms. The zero-order valence-corrected chi connectivity index (χ0v) is 17.0. The largest absolute Gasteiger partial charge is 0.481 e. The molecule has 0 aromatic heterocycles. The molecule has 0 radical (unpaired) electrons. The molecule has 0 saturated carbocycles.